The molecule has 1 aromatic heterocycles. The molecule has 35 heavy (non-hydrogen) atoms. The maximum Gasteiger partial charge on any atom is 0.227 e. The lowest BCUT2D eigenvalue weighted by Crippen LogP contribution is -2.36. The van der Waals surface area contributed by atoms with Crippen molar-refractivity contribution >= 4 is 34.3 Å². The van der Waals surface area contributed by atoms with E-state index >= 15 is 0 Å². The minimum atomic E-state index is -0.509. The van der Waals surface area contributed by atoms with Crippen LogP contribution in [0, 0.1) is 5.41 Å². The Labute approximate surface area is 208 Å². The number of nitrogens with one attached hydrogen (secondary N) is 1. The molecule has 6 rings (SSSR count). The number of Topliss-reactive ketones (excluding diaryl/α,β-unsaturated/α-hetero) is 1. The molecule has 0 radical (unpaired) electrons. The van der Waals surface area contributed by atoms with Gasteiger partial charge in [-0.3, -0.25) is 4.79 Å². The monoisotopic (exact) mass is 482 g/mol. The van der Waals surface area contributed by atoms with Gasteiger partial charge >= 0.3 is 0 Å². The van der Waals surface area contributed by atoms with E-state index in [2.05, 4.69) is 55.6 Å². The number of fused-ring (bicyclic) bond motifs is 2. The Morgan fingerprint density at radius 1 is 1.06 bits per heavy atom. The molecule has 0 amide bonds. The summed E-state index contributed by atoms with van der Waals surface area (Å²) in [5.41, 5.74) is 3.30. The number of allylic oxidation sites excluding steroid dienone is 2. The number of phenolic OH excluding ortho intramolecular Hbond substituents is 1. The highest BCUT2D eigenvalue weighted by Crippen LogP contribution is 2.47. The Morgan fingerprint density at radius 3 is 2.69 bits per heavy atom. The van der Waals surface area contributed by atoms with Crippen LogP contribution in [0.2, 0.25) is 0 Å². The van der Waals surface area contributed by atoms with Crippen LogP contribution in [0.4, 0.5) is 5.95 Å². The van der Waals surface area contributed by atoms with Crippen molar-refractivity contribution < 1.29 is 9.90 Å². The van der Waals surface area contributed by atoms with Gasteiger partial charge in [0.25, 0.3) is 0 Å². The summed E-state index contributed by atoms with van der Waals surface area (Å²) in [4.78, 5) is 18.1. The van der Waals surface area contributed by atoms with Gasteiger partial charge in [-0.25, -0.2) is 4.68 Å². The number of hydrogen-bond acceptors (Lipinski definition) is 6. The second-order valence-corrected chi connectivity index (χ2v) is 11.0. The van der Waals surface area contributed by atoms with Crippen LogP contribution in [0.25, 0.3) is 10.8 Å². The normalized spacial score (nSPS) is 18.8. The number of phenols is 1. The summed E-state index contributed by atoms with van der Waals surface area (Å²) in [6.07, 6.45) is 1.20. The first kappa shape index (κ1) is 21.9. The molecule has 1 unspecified atom stereocenters. The topological polar surface area (TPSA) is 80.0 Å². The van der Waals surface area contributed by atoms with Crippen LogP contribution < -0.4 is 5.32 Å². The number of carbonyl (C=O) groups is 1. The standard InChI is InChI=1S/C28H26N4O2S/c1-28(2)14-21-24(23(34)15-28)25(20-12-5-6-13-22(20)33)32-26(29-21)30-27(31-32)35-16-18-10-7-9-17-8-3-4-11-19(17)18/h3-13,25,33H,14-16H2,1-2H3,(H,29,30,31). The summed E-state index contributed by atoms with van der Waals surface area (Å²) in [5, 5.41) is 22.0. The van der Waals surface area contributed by atoms with Crippen molar-refractivity contribution in [1.82, 2.24) is 14.8 Å². The Hall–Kier alpha value is -3.58. The lowest BCUT2D eigenvalue weighted by atomic mass is 9.73. The van der Waals surface area contributed by atoms with E-state index in [-0.39, 0.29) is 16.9 Å². The number of carbonyl (C=O) groups excluding carboxylic acids is 1. The van der Waals surface area contributed by atoms with Crippen molar-refractivity contribution in [1.29, 1.82) is 0 Å². The van der Waals surface area contributed by atoms with Crippen molar-refractivity contribution in [2.45, 2.75) is 43.6 Å². The van der Waals surface area contributed by atoms with E-state index < -0.39 is 6.04 Å². The zero-order valence-electron chi connectivity index (χ0n) is 19.7. The number of benzene rings is 3. The summed E-state index contributed by atoms with van der Waals surface area (Å²) in [6, 6.07) is 21.4. The van der Waals surface area contributed by atoms with Gasteiger partial charge in [-0.15, -0.1) is 5.10 Å². The number of aromatic hydroxyl groups is 1. The van der Waals surface area contributed by atoms with Crippen LogP contribution in [-0.4, -0.2) is 25.7 Å². The van der Waals surface area contributed by atoms with Gasteiger partial charge < -0.3 is 10.4 Å². The highest BCUT2D eigenvalue weighted by Gasteiger charge is 2.42. The average Bonchev–Trinajstić information content (AvgIpc) is 3.23. The highest BCUT2D eigenvalue weighted by molar-refractivity contribution is 7.98. The Morgan fingerprint density at radius 2 is 1.83 bits per heavy atom. The quantitative estimate of drug-likeness (QED) is 0.343. The van der Waals surface area contributed by atoms with Gasteiger partial charge in [-0.05, 0) is 34.2 Å². The number of anilines is 1. The molecule has 0 spiro atoms. The van der Waals surface area contributed by atoms with Crippen molar-refractivity contribution in [3.63, 3.8) is 0 Å². The molecule has 0 saturated carbocycles. The molecule has 0 fully saturated rings. The van der Waals surface area contributed by atoms with Gasteiger partial charge in [0.05, 0.1) is 0 Å². The van der Waals surface area contributed by atoms with Gasteiger partial charge in [0.2, 0.25) is 11.1 Å². The summed E-state index contributed by atoms with van der Waals surface area (Å²) >= 11 is 1.57. The second-order valence-electron chi connectivity index (χ2n) is 10.0. The predicted molar refractivity (Wildman–Crippen MR) is 138 cm³/mol. The second kappa shape index (κ2) is 8.27. The van der Waals surface area contributed by atoms with E-state index in [1.165, 1.54) is 16.3 Å². The van der Waals surface area contributed by atoms with Gasteiger partial charge in [0, 0.05) is 29.0 Å². The minimum absolute atomic E-state index is 0.0862. The summed E-state index contributed by atoms with van der Waals surface area (Å²) in [6.45, 7) is 4.21. The zero-order chi connectivity index (χ0) is 24.2. The molecule has 2 heterocycles. The fourth-order valence-electron chi connectivity index (χ4n) is 5.22. The first-order valence-corrected chi connectivity index (χ1v) is 12.8. The van der Waals surface area contributed by atoms with Gasteiger partial charge in [0.15, 0.2) is 5.78 Å². The number of para-hydroxylation sites is 1. The van der Waals surface area contributed by atoms with Crippen molar-refractivity contribution in [2.24, 2.45) is 5.41 Å². The van der Waals surface area contributed by atoms with Gasteiger partial charge in [0.1, 0.15) is 11.8 Å². The number of nitrogens with zero attached hydrogens (tertiary/aromatic N) is 3. The molecular weight excluding hydrogens is 456 g/mol. The van der Waals surface area contributed by atoms with Gasteiger partial charge in [-0.1, -0.05) is 86.3 Å². The molecular formula is C28H26N4O2S. The molecule has 176 valence electrons. The van der Waals surface area contributed by atoms with Gasteiger partial charge in [-0.2, -0.15) is 4.98 Å². The number of ketones is 1. The largest absolute Gasteiger partial charge is 0.508 e. The number of thioether (sulfide) groups is 1. The fourth-order valence-corrected chi connectivity index (χ4v) is 6.05. The summed E-state index contributed by atoms with van der Waals surface area (Å²) in [7, 11) is 0. The Balaban J connectivity index is 1.38. The van der Waals surface area contributed by atoms with Crippen LogP contribution >= 0.6 is 11.8 Å². The lowest BCUT2D eigenvalue weighted by Gasteiger charge is -2.38. The van der Waals surface area contributed by atoms with Crippen LogP contribution in [0.5, 0.6) is 5.75 Å². The first-order valence-electron chi connectivity index (χ1n) is 11.8. The van der Waals surface area contributed by atoms with E-state index in [0.717, 1.165) is 17.9 Å². The molecule has 3 aromatic carbocycles. The molecule has 1 aliphatic carbocycles. The van der Waals surface area contributed by atoms with E-state index in [1.807, 2.05) is 18.2 Å². The molecule has 0 saturated heterocycles. The van der Waals surface area contributed by atoms with E-state index in [1.54, 1.807) is 28.6 Å². The molecule has 0 bridgehead atoms. The molecule has 1 atom stereocenters. The van der Waals surface area contributed by atoms with Crippen LogP contribution in [0.1, 0.15) is 43.9 Å². The third-order valence-corrected chi connectivity index (χ3v) is 7.67. The average molecular weight is 483 g/mol. The summed E-state index contributed by atoms with van der Waals surface area (Å²) in [5.74, 6) is 1.56. The SMILES string of the molecule is CC1(C)CC(=O)C2=C(C1)Nc1nc(SCc3cccc4ccccc34)nn1C2c1ccccc1O. The third kappa shape index (κ3) is 3.90. The van der Waals surface area contributed by atoms with Crippen molar-refractivity contribution in [2.75, 3.05) is 5.32 Å². The lowest BCUT2D eigenvalue weighted by molar-refractivity contribution is -0.118. The number of rotatable bonds is 4. The van der Waals surface area contributed by atoms with E-state index in [0.29, 0.717) is 28.7 Å². The molecule has 7 heteroatoms. The smallest absolute Gasteiger partial charge is 0.227 e. The third-order valence-electron chi connectivity index (χ3n) is 6.78. The highest BCUT2D eigenvalue weighted by atomic mass is 32.2. The maximum absolute atomic E-state index is 13.3. The number of aromatic nitrogens is 3. The zero-order valence-corrected chi connectivity index (χ0v) is 20.5. The molecule has 4 aromatic rings. The van der Waals surface area contributed by atoms with Crippen molar-refractivity contribution in [3.8, 4) is 5.75 Å². The Kier molecular flexibility index (Phi) is 5.18. The molecule has 2 N–H and O–H groups in total. The molecule has 2 aliphatic rings. The number of hydrogen-bond donors (Lipinski definition) is 2. The molecule has 1 aliphatic heterocycles. The maximum atomic E-state index is 13.3. The Bertz CT molecular complexity index is 1500. The van der Waals surface area contributed by atoms with Crippen LogP contribution in [0.15, 0.2) is 83.2 Å². The van der Waals surface area contributed by atoms with Crippen LogP contribution in [0.3, 0.4) is 0 Å². The van der Waals surface area contributed by atoms with Crippen molar-refractivity contribution in [3.05, 3.63) is 89.1 Å². The first-order chi connectivity index (χ1) is 16.9. The predicted octanol–water partition coefficient (Wildman–Crippen LogP) is 6.09. The fraction of sp³-hybridized carbons (Fsp3) is 0.250. The summed E-state index contributed by atoms with van der Waals surface area (Å²) < 4.78 is 1.76. The minimum Gasteiger partial charge on any atom is -0.508 e. The van der Waals surface area contributed by atoms with Crippen LogP contribution in [-0.2, 0) is 10.5 Å². The van der Waals surface area contributed by atoms with E-state index in [9.17, 15) is 9.90 Å². The molecule has 6 nitrogen and oxygen atoms in total. The van der Waals surface area contributed by atoms with E-state index in [4.69, 9.17) is 10.1 Å².